The summed E-state index contributed by atoms with van der Waals surface area (Å²) in [5, 5.41) is 7.05. The van der Waals surface area contributed by atoms with Gasteiger partial charge in [0.25, 0.3) is 5.91 Å². The summed E-state index contributed by atoms with van der Waals surface area (Å²) in [4.78, 5) is 20.8. The van der Waals surface area contributed by atoms with Crippen LogP contribution in [0.5, 0.6) is 5.75 Å². The predicted molar refractivity (Wildman–Crippen MR) is 127 cm³/mol. The number of halogens is 1. The number of benzene rings is 1. The van der Waals surface area contributed by atoms with Gasteiger partial charge in [-0.15, -0.1) is 0 Å². The zero-order valence-corrected chi connectivity index (χ0v) is 18.6. The Bertz CT molecular complexity index is 1160. The molecule has 3 aromatic rings. The number of nitrogens with two attached hydrogens (primary N) is 2. The molecule has 1 fully saturated rings. The number of primary amides is 1. The van der Waals surface area contributed by atoms with E-state index >= 15 is 0 Å². The Kier molecular flexibility index (Phi) is 6.88. The molecular weight excluding hydrogens is 423 g/mol. The second-order valence-corrected chi connectivity index (χ2v) is 8.33. The van der Waals surface area contributed by atoms with Gasteiger partial charge in [-0.2, -0.15) is 0 Å². The second kappa shape index (κ2) is 9.99. The number of carbonyl (C=O) groups is 1. The summed E-state index contributed by atoms with van der Waals surface area (Å²) < 4.78 is 20.4. The summed E-state index contributed by atoms with van der Waals surface area (Å²) in [6.07, 6.45) is 6.32. The maximum absolute atomic E-state index is 14.7. The minimum atomic E-state index is -0.781. The van der Waals surface area contributed by atoms with Crippen molar-refractivity contribution in [3.63, 3.8) is 0 Å². The average molecular weight is 453 g/mol. The first-order valence-electron chi connectivity index (χ1n) is 11.3. The Morgan fingerprint density at radius 2 is 2.03 bits per heavy atom. The molecule has 1 saturated carbocycles. The summed E-state index contributed by atoms with van der Waals surface area (Å²) in [6.45, 7) is 2.69. The SMILES string of the molecule is CCCOc1ccc2cc(Nc3nc(NC4CCCCC4N)c(F)cc3C(N)=O)cnc2c1. The fraction of sp³-hybridized carbons (Fsp3) is 0.375. The van der Waals surface area contributed by atoms with Crippen LogP contribution in [0.15, 0.2) is 36.5 Å². The highest BCUT2D eigenvalue weighted by molar-refractivity contribution is 5.99. The predicted octanol–water partition coefficient (Wildman–Crippen LogP) is 4.08. The van der Waals surface area contributed by atoms with Crippen LogP contribution < -0.4 is 26.8 Å². The lowest BCUT2D eigenvalue weighted by Crippen LogP contribution is -2.43. The van der Waals surface area contributed by atoms with Gasteiger partial charge in [0.1, 0.15) is 11.6 Å². The van der Waals surface area contributed by atoms with Crippen molar-refractivity contribution in [3.8, 4) is 5.75 Å². The molecule has 0 bridgehead atoms. The van der Waals surface area contributed by atoms with Crippen molar-refractivity contribution >= 4 is 34.1 Å². The third-order valence-electron chi connectivity index (χ3n) is 5.77. The molecule has 1 amide bonds. The molecule has 2 aromatic heterocycles. The molecule has 0 radical (unpaired) electrons. The van der Waals surface area contributed by atoms with Crippen LogP contribution in [0.25, 0.3) is 10.9 Å². The van der Waals surface area contributed by atoms with Crippen LogP contribution in [0.3, 0.4) is 0 Å². The Balaban J connectivity index is 1.61. The van der Waals surface area contributed by atoms with E-state index in [1.807, 2.05) is 31.2 Å². The lowest BCUT2D eigenvalue weighted by atomic mass is 9.91. The number of fused-ring (bicyclic) bond motifs is 1. The number of nitrogens with one attached hydrogen (secondary N) is 2. The van der Waals surface area contributed by atoms with E-state index in [1.165, 1.54) is 0 Å². The van der Waals surface area contributed by atoms with E-state index in [0.29, 0.717) is 12.3 Å². The first kappa shape index (κ1) is 22.7. The molecule has 4 rings (SSSR count). The van der Waals surface area contributed by atoms with Gasteiger partial charge in [-0.05, 0) is 43.5 Å². The van der Waals surface area contributed by atoms with E-state index < -0.39 is 11.7 Å². The lowest BCUT2D eigenvalue weighted by Gasteiger charge is -2.30. The van der Waals surface area contributed by atoms with Crippen molar-refractivity contribution in [1.29, 1.82) is 0 Å². The van der Waals surface area contributed by atoms with Gasteiger partial charge < -0.3 is 26.8 Å². The highest BCUT2D eigenvalue weighted by Crippen LogP contribution is 2.28. The van der Waals surface area contributed by atoms with E-state index in [0.717, 1.165) is 54.8 Å². The molecule has 0 aliphatic heterocycles. The topological polar surface area (TPSA) is 128 Å². The minimum Gasteiger partial charge on any atom is -0.494 e. The zero-order valence-electron chi connectivity index (χ0n) is 18.6. The number of pyridine rings is 2. The van der Waals surface area contributed by atoms with Gasteiger partial charge in [0.2, 0.25) is 0 Å². The van der Waals surface area contributed by atoms with Crippen LogP contribution in [0.4, 0.5) is 21.7 Å². The lowest BCUT2D eigenvalue weighted by molar-refractivity contribution is 0.100. The molecule has 1 aliphatic carbocycles. The van der Waals surface area contributed by atoms with E-state index in [-0.39, 0.29) is 29.3 Å². The van der Waals surface area contributed by atoms with Crippen LogP contribution in [0.2, 0.25) is 0 Å². The zero-order chi connectivity index (χ0) is 23.4. The minimum absolute atomic E-state index is 0.0383. The number of aromatic nitrogens is 2. The fourth-order valence-corrected chi connectivity index (χ4v) is 4.00. The number of amides is 1. The summed E-state index contributed by atoms with van der Waals surface area (Å²) in [5.41, 5.74) is 13.0. The normalized spacial score (nSPS) is 18.2. The Hall–Kier alpha value is -3.46. The molecule has 1 aromatic carbocycles. The number of carbonyl (C=O) groups excluding carboxylic acids is 1. The molecule has 33 heavy (non-hydrogen) atoms. The second-order valence-electron chi connectivity index (χ2n) is 8.33. The van der Waals surface area contributed by atoms with Crippen molar-refractivity contribution in [2.24, 2.45) is 11.5 Å². The van der Waals surface area contributed by atoms with E-state index in [9.17, 15) is 9.18 Å². The molecule has 0 spiro atoms. The van der Waals surface area contributed by atoms with Crippen LogP contribution in [0.1, 0.15) is 49.4 Å². The van der Waals surface area contributed by atoms with E-state index in [1.54, 1.807) is 6.20 Å². The quantitative estimate of drug-likeness (QED) is 0.405. The van der Waals surface area contributed by atoms with Gasteiger partial charge >= 0.3 is 0 Å². The Morgan fingerprint density at radius 3 is 2.79 bits per heavy atom. The monoisotopic (exact) mass is 452 g/mol. The van der Waals surface area contributed by atoms with Crippen LogP contribution in [-0.2, 0) is 0 Å². The third-order valence-corrected chi connectivity index (χ3v) is 5.77. The summed E-state index contributed by atoms with van der Waals surface area (Å²) in [6, 6.07) is 8.45. The highest BCUT2D eigenvalue weighted by Gasteiger charge is 2.24. The molecule has 6 N–H and O–H groups in total. The van der Waals surface area contributed by atoms with Gasteiger partial charge in [-0.25, -0.2) is 9.37 Å². The van der Waals surface area contributed by atoms with E-state index in [4.69, 9.17) is 16.2 Å². The third kappa shape index (κ3) is 5.31. The van der Waals surface area contributed by atoms with Crippen molar-refractivity contribution < 1.29 is 13.9 Å². The summed E-state index contributed by atoms with van der Waals surface area (Å²) in [5.74, 6) is -0.485. The fourth-order valence-electron chi connectivity index (χ4n) is 4.00. The van der Waals surface area contributed by atoms with Crippen molar-refractivity contribution in [1.82, 2.24) is 9.97 Å². The van der Waals surface area contributed by atoms with Gasteiger partial charge in [0.15, 0.2) is 11.6 Å². The molecule has 2 unspecified atom stereocenters. The Morgan fingerprint density at radius 1 is 1.21 bits per heavy atom. The van der Waals surface area contributed by atoms with Gasteiger partial charge in [-0.1, -0.05) is 19.8 Å². The average Bonchev–Trinajstić information content (AvgIpc) is 2.80. The van der Waals surface area contributed by atoms with Crippen molar-refractivity contribution in [2.45, 2.75) is 51.1 Å². The number of hydrogen-bond donors (Lipinski definition) is 4. The Labute approximate surface area is 191 Å². The molecule has 2 atom stereocenters. The highest BCUT2D eigenvalue weighted by atomic mass is 19.1. The number of ether oxygens (including phenoxy) is 1. The molecule has 9 heteroatoms. The van der Waals surface area contributed by atoms with E-state index in [2.05, 4.69) is 20.6 Å². The summed E-state index contributed by atoms with van der Waals surface area (Å²) in [7, 11) is 0. The van der Waals surface area contributed by atoms with Crippen LogP contribution >= 0.6 is 0 Å². The smallest absolute Gasteiger partial charge is 0.252 e. The number of anilines is 3. The summed E-state index contributed by atoms with van der Waals surface area (Å²) >= 11 is 0. The van der Waals surface area contributed by atoms with Gasteiger partial charge in [0, 0.05) is 23.5 Å². The van der Waals surface area contributed by atoms with Gasteiger partial charge in [0.05, 0.1) is 29.6 Å². The van der Waals surface area contributed by atoms with Crippen molar-refractivity contribution in [3.05, 3.63) is 47.9 Å². The molecular formula is C24H29FN6O2. The largest absolute Gasteiger partial charge is 0.494 e. The first-order chi connectivity index (χ1) is 15.9. The van der Waals surface area contributed by atoms with Crippen LogP contribution in [0, 0.1) is 5.82 Å². The number of rotatable bonds is 8. The van der Waals surface area contributed by atoms with Crippen molar-refractivity contribution in [2.75, 3.05) is 17.2 Å². The van der Waals surface area contributed by atoms with Crippen LogP contribution in [-0.4, -0.2) is 34.6 Å². The molecule has 8 nitrogen and oxygen atoms in total. The standard InChI is InChI=1S/C24H29FN6O2/c1-2-9-33-16-8-7-14-10-15(13-28-21(14)11-16)29-23-17(22(27)32)12-18(25)24(31-23)30-20-6-4-3-5-19(20)26/h7-8,10-13,19-20H,2-6,9,26H2,1H3,(H2,27,32)(H2,29,30,31). The number of nitrogens with zero attached hydrogens (tertiary/aromatic N) is 2. The maximum atomic E-state index is 14.7. The van der Waals surface area contributed by atoms with Gasteiger partial charge in [-0.3, -0.25) is 9.78 Å². The number of hydrogen-bond acceptors (Lipinski definition) is 7. The molecule has 1 aliphatic rings. The molecule has 2 heterocycles. The molecule has 174 valence electrons. The molecule has 0 saturated heterocycles. The maximum Gasteiger partial charge on any atom is 0.252 e. The first-order valence-corrected chi connectivity index (χ1v) is 11.3.